The van der Waals surface area contributed by atoms with Gasteiger partial charge in [0.1, 0.15) is 13.2 Å². The maximum Gasteiger partial charge on any atom is 0.325 e. The van der Waals surface area contributed by atoms with Gasteiger partial charge >= 0.3 is 6.03 Å². The lowest BCUT2D eigenvalue weighted by Gasteiger charge is -2.24. The minimum absolute atomic E-state index is 0.385. The highest BCUT2D eigenvalue weighted by molar-refractivity contribution is 7.97. The van der Waals surface area contributed by atoms with Crippen LogP contribution >= 0.6 is 23.5 Å². The Morgan fingerprint density at radius 1 is 1.10 bits per heavy atom. The van der Waals surface area contributed by atoms with E-state index in [4.69, 9.17) is 26.8 Å². The van der Waals surface area contributed by atoms with Crippen LogP contribution in [0, 0.1) is 0 Å². The summed E-state index contributed by atoms with van der Waals surface area (Å²) in [5, 5.41) is 0.712. The molecule has 2 aromatic rings. The van der Waals surface area contributed by atoms with E-state index >= 15 is 0 Å². The van der Waals surface area contributed by atoms with Crippen molar-refractivity contribution in [3.05, 3.63) is 58.6 Å². The predicted octanol–water partition coefficient (Wildman–Crippen LogP) is 4.21. The molecule has 0 bridgehead atoms. The van der Waals surface area contributed by atoms with Crippen LogP contribution in [0.3, 0.4) is 0 Å². The Bertz CT molecular complexity index is 825. The molecule has 2 aromatic carbocycles. The van der Waals surface area contributed by atoms with Gasteiger partial charge in [-0.3, -0.25) is 4.31 Å². The maximum atomic E-state index is 11.9. The van der Waals surface area contributed by atoms with Crippen LogP contribution in [0.4, 0.5) is 4.79 Å². The number of hydrogen-bond acceptors (Lipinski definition) is 4. The van der Waals surface area contributed by atoms with Gasteiger partial charge in [0.2, 0.25) is 0 Å². The molecule has 0 aliphatic rings. The van der Waals surface area contributed by atoms with Crippen molar-refractivity contribution in [2.45, 2.75) is 13.0 Å². The summed E-state index contributed by atoms with van der Waals surface area (Å²) < 4.78 is 13.7. The van der Waals surface area contributed by atoms with E-state index in [1.54, 1.807) is 11.4 Å². The zero-order valence-electron chi connectivity index (χ0n) is 18.1. The number of aryl methyl sites for hydroxylation is 1. The van der Waals surface area contributed by atoms with E-state index in [0.717, 1.165) is 34.3 Å². The molecule has 2 rings (SSSR count). The second kappa shape index (κ2) is 11.3. The van der Waals surface area contributed by atoms with Crippen molar-refractivity contribution in [1.82, 2.24) is 4.31 Å². The number of methoxy groups -OCH3 is 1. The molecule has 0 aliphatic heterocycles. The number of rotatable bonds is 11. The molecule has 0 spiro atoms. The summed E-state index contributed by atoms with van der Waals surface area (Å²) in [6.07, 6.45) is 0.813. The van der Waals surface area contributed by atoms with Crippen molar-refractivity contribution in [2.24, 2.45) is 5.73 Å². The highest BCUT2D eigenvalue weighted by atomic mass is 35.5. The van der Waals surface area contributed by atoms with E-state index in [0.29, 0.717) is 29.7 Å². The summed E-state index contributed by atoms with van der Waals surface area (Å²) in [7, 11) is 7.96. The number of quaternary nitrogens is 1. The van der Waals surface area contributed by atoms with Gasteiger partial charge in [-0.2, -0.15) is 0 Å². The number of halogens is 1. The molecule has 6 nitrogen and oxygen atoms in total. The van der Waals surface area contributed by atoms with Crippen molar-refractivity contribution in [3.63, 3.8) is 0 Å². The lowest BCUT2D eigenvalue weighted by molar-refractivity contribution is -0.870. The number of urea groups is 1. The highest BCUT2D eigenvalue weighted by Crippen LogP contribution is 2.29. The fraction of sp³-hybridized carbons (Fsp3) is 0.409. The average molecular weight is 453 g/mol. The quantitative estimate of drug-likeness (QED) is 0.410. The SMILES string of the molecule is COc1cc(CN(SCCc2ccc(Cl)cc2)C(N)=O)ccc1OCC[N+](C)(C)C. The minimum atomic E-state index is -0.474. The molecule has 0 aromatic heterocycles. The maximum absolute atomic E-state index is 11.9. The molecular formula is C22H31ClN3O3S+. The Morgan fingerprint density at radius 2 is 1.77 bits per heavy atom. The number of ether oxygens (including phenoxy) is 2. The highest BCUT2D eigenvalue weighted by Gasteiger charge is 2.14. The van der Waals surface area contributed by atoms with Gasteiger partial charge in [-0.1, -0.05) is 29.8 Å². The molecule has 0 saturated carbocycles. The molecule has 2 N–H and O–H groups in total. The summed E-state index contributed by atoms with van der Waals surface area (Å²) >= 11 is 7.33. The van der Waals surface area contributed by atoms with Crippen LogP contribution in [-0.4, -0.2) is 62.0 Å². The molecule has 0 saturated heterocycles. The van der Waals surface area contributed by atoms with Gasteiger partial charge in [0.15, 0.2) is 11.5 Å². The summed E-state index contributed by atoms with van der Waals surface area (Å²) in [5.41, 5.74) is 7.66. The van der Waals surface area contributed by atoms with Gasteiger partial charge in [-0.05, 0) is 53.8 Å². The van der Waals surface area contributed by atoms with Gasteiger partial charge < -0.3 is 19.7 Å². The number of carbonyl (C=O) groups is 1. The predicted molar refractivity (Wildman–Crippen MR) is 124 cm³/mol. The van der Waals surface area contributed by atoms with Crippen molar-refractivity contribution in [1.29, 1.82) is 0 Å². The normalized spacial score (nSPS) is 11.2. The lowest BCUT2D eigenvalue weighted by atomic mass is 10.2. The Morgan fingerprint density at radius 3 is 2.37 bits per heavy atom. The van der Waals surface area contributed by atoms with Crippen LogP contribution in [0.2, 0.25) is 5.02 Å². The van der Waals surface area contributed by atoms with Crippen LogP contribution in [0.1, 0.15) is 11.1 Å². The number of hydrogen-bond donors (Lipinski definition) is 1. The van der Waals surface area contributed by atoms with Crippen molar-refractivity contribution >= 4 is 29.6 Å². The van der Waals surface area contributed by atoms with Crippen molar-refractivity contribution in [3.8, 4) is 11.5 Å². The van der Waals surface area contributed by atoms with Crippen LogP contribution in [0.15, 0.2) is 42.5 Å². The molecular weight excluding hydrogens is 422 g/mol. The molecule has 0 atom stereocenters. The second-order valence-electron chi connectivity index (χ2n) is 7.93. The number of nitrogens with zero attached hydrogens (tertiary/aromatic N) is 2. The molecule has 0 heterocycles. The minimum Gasteiger partial charge on any atom is -0.493 e. The first kappa shape index (κ1) is 24.2. The van der Waals surface area contributed by atoms with E-state index in [-0.39, 0.29) is 0 Å². The first-order valence-electron chi connectivity index (χ1n) is 9.72. The van der Waals surface area contributed by atoms with Gasteiger partial charge in [0.25, 0.3) is 0 Å². The summed E-state index contributed by atoms with van der Waals surface area (Å²) in [6, 6.07) is 12.9. The number of carbonyl (C=O) groups excluding carboxylic acids is 1. The lowest BCUT2D eigenvalue weighted by Crippen LogP contribution is -2.38. The summed E-state index contributed by atoms with van der Waals surface area (Å²) in [4.78, 5) is 11.9. The molecule has 0 unspecified atom stereocenters. The van der Waals surface area contributed by atoms with E-state index in [1.165, 1.54) is 11.9 Å². The van der Waals surface area contributed by atoms with Crippen molar-refractivity contribution < 1.29 is 18.8 Å². The van der Waals surface area contributed by atoms with Gasteiger partial charge in [0.05, 0.1) is 34.8 Å². The second-order valence-corrected chi connectivity index (χ2v) is 9.48. The van der Waals surface area contributed by atoms with E-state index in [1.807, 2.05) is 42.5 Å². The third-order valence-electron chi connectivity index (χ3n) is 4.37. The first-order chi connectivity index (χ1) is 14.2. The van der Waals surface area contributed by atoms with Gasteiger partial charge in [0, 0.05) is 10.8 Å². The van der Waals surface area contributed by atoms with E-state index < -0.39 is 6.03 Å². The number of likely N-dealkylation sites (N-methyl/N-ethyl adjacent to an activating group) is 1. The monoisotopic (exact) mass is 452 g/mol. The third-order valence-corrected chi connectivity index (χ3v) is 5.63. The molecule has 0 fully saturated rings. The number of amides is 2. The molecule has 0 aliphatic carbocycles. The summed E-state index contributed by atoms with van der Waals surface area (Å²) in [5.74, 6) is 2.06. The number of nitrogens with two attached hydrogens (primary N) is 1. The molecule has 8 heteroatoms. The molecule has 30 heavy (non-hydrogen) atoms. The number of primary amides is 1. The smallest absolute Gasteiger partial charge is 0.325 e. The third kappa shape index (κ3) is 8.34. The standard InChI is InChI=1S/C22H30ClN3O3S/c1-26(2,3)12-13-29-20-10-7-18(15-21(20)28-4)16-25(22(24)27)30-14-11-17-5-8-19(23)9-6-17/h5-10,15H,11-14,16H2,1-4H3,(H-,24,27)/p+1. The van der Waals surface area contributed by atoms with Crippen LogP contribution in [0.25, 0.3) is 0 Å². The average Bonchev–Trinajstić information content (AvgIpc) is 2.68. The van der Waals surface area contributed by atoms with Crippen molar-refractivity contribution in [2.75, 3.05) is 47.2 Å². The molecule has 164 valence electrons. The topological polar surface area (TPSA) is 64.8 Å². The van der Waals surface area contributed by atoms with Crippen LogP contribution in [0.5, 0.6) is 11.5 Å². The first-order valence-corrected chi connectivity index (χ1v) is 11.0. The van der Waals surface area contributed by atoms with Gasteiger partial charge in [-0.15, -0.1) is 0 Å². The Balaban J connectivity index is 1.95. The largest absolute Gasteiger partial charge is 0.493 e. The number of benzene rings is 2. The fourth-order valence-corrected chi connectivity index (χ4v) is 3.68. The Labute approximate surface area is 188 Å². The zero-order chi connectivity index (χ0) is 22.1. The van der Waals surface area contributed by atoms with E-state index in [9.17, 15) is 4.79 Å². The fourth-order valence-electron chi connectivity index (χ4n) is 2.64. The van der Waals surface area contributed by atoms with Crippen LogP contribution in [-0.2, 0) is 13.0 Å². The Kier molecular flexibility index (Phi) is 9.14. The molecule has 2 amide bonds. The summed E-state index contributed by atoms with van der Waals surface area (Å²) in [6.45, 7) is 1.86. The zero-order valence-corrected chi connectivity index (χ0v) is 19.6. The van der Waals surface area contributed by atoms with Crippen LogP contribution < -0.4 is 15.2 Å². The molecule has 0 radical (unpaired) electrons. The van der Waals surface area contributed by atoms with E-state index in [2.05, 4.69) is 21.1 Å². The Hall–Kier alpha value is -2.09. The van der Waals surface area contributed by atoms with Gasteiger partial charge in [-0.25, -0.2) is 4.79 Å².